The maximum absolute atomic E-state index is 13.1. The molecule has 2 fully saturated rings. The van der Waals surface area contributed by atoms with Crippen molar-refractivity contribution < 1.29 is 33.5 Å². The molecule has 2 aliphatic heterocycles. The van der Waals surface area contributed by atoms with E-state index >= 15 is 0 Å². The van der Waals surface area contributed by atoms with Crippen molar-refractivity contribution in [1.82, 2.24) is 4.90 Å². The zero-order chi connectivity index (χ0) is 20.3. The van der Waals surface area contributed by atoms with Crippen LogP contribution in [0.1, 0.15) is 13.3 Å². The number of anilines is 1. The van der Waals surface area contributed by atoms with Gasteiger partial charge in [0.2, 0.25) is 5.91 Å². The highest BCUT2D eigenvalue weighted by Crippen LogP contribution is 2.35. The first-order chi connectivity index (χ1) is 13.5. The van der Waals surface area contributed by atoms with Crippen molar-refractivity contribution in [2.75, 3.05) is 51.9 Å². The van der Waals surface area contributed by atoms with Crippen molar-refractivity contribution >= 4 is 23.6 Å². The molecule has 28 heavy (non-hydrogen) atoms. The van der Waals surface area contributed by atoms with Crippen LogP contribution in [0.25, 0.3) is 0 Å². The number of piperazine rings is 1. The van der Waals surface area contributed by atoms with Gasteiger partial charge < -0.3 is 19.1 Å². The second-order valence-corrected chi connectivity index (χ2v) is 6.71. The van der Waals surface area contributed by atoms with Crippen LogP contribution in [-0.4, -0.2) is 75.9 Å². The maximum atomic E-state index is 13.1. The maximum Gasteiger partial charge on any atom is 0.410 e. The molecule has 0 radical (unpaired) electrons. The Bertz CT molecular complexity index is 760. The second kappa shape index (κ2) is 8.47. The third kappa shape index (κ3) is 3.75. The molecule has 1 N–H and O–H groups in total. The highest BCUT2D eigenvalue weighted by atomic mass is 16.6. The number of ether oxygens (including phenoxy) is 3. The van der Waals surface area contributed by atoms with Crippen LogP contribution in [0.4, 0.5) is 10.5 Å². The van der Waals surface area contributed by atoms with Gasteiger partial charge in [0, 0.05) is 6.07 Å². The lowest BCUT2D eigenvalue weighted by atomic mass is 10.2. The van der Waals surface area contributed by atoms with Crippen LogP contribution >= 0.6 is 0 Å². The van der Waals surface area contributed by atoms with Crippen molar-refractivity contribution in [2.24, 2.45) is 0 Å². The summed E-state index contributed by atoms with van der Waals surface area (Å²) >= 11 is 0. The molecule has 2 saturated heterocycles. The number of methoxy groups -OCH3 is 2. The molecule has 152 valence electrons. The molecular weight excluding hydrogens is 366 g/mol. The first-order valence-electron chi connectivity index (χ1n) is 9.35. The number of rotatable bonds is 5. The summed E-state index contributed by atoms with van der Waals surface area (Å²) in [6.45, 7) is 4.27. The summed E-state index contributed by atoms with van der Waals surface area (Å²) < 4.78 is 15.6. The summed E-state index contributed by atoms with van der Waals surface area (Å²) in [4.78, 5) is 41.4. The quantitative estimate of drug-likeness (QED) is 0.692. The Morgan fingerprint density at radius 2 is 1.89 bits per heavy atom. The Morgan fingerprint density at radius 3 is 2.50 bits per heavy atom. The van der Waals surface area contributed by atoms with E-state index in [0.29, 0.717) is 50.0 Å². The largest absolute Gasteiger partial charge is 0.497 e. The number of nitrogens with zero attached hydrogens (tertiary/aromatic N) is 2. The molecule has 1 aromatic carbocycles. The van der Waals surface area contributed by atoms with Gasteiger partial charge in [-0.15, -0.1) is 0 Å². The standard InChI is InChI=1S/C19H25N3O6/c1-4-28-19(25)21-9-7-20(8-10-21)15-12-17(23)22(18(15)24)14-11-13(26-2)5-6-16(14)27-3/h5-6,11,15H,4,7-10,12H2,1-3H3/p+1/t15-/m1/s1. The number of nitrogens with one attached hydrogen (secondary N) is 1. The fraction of sp³-hybridized carbons (Fsp3) is 0.526. The van der Waals surface area contributed by atoms with E-state index in [1.54, 1.807) is 30.0 Å². The molecule has 0 aromatic heterocycles. The number of imide groups is 1. The van der Waals surface area contributed by atoms with Crippen LogP contribution in [-0.2, 0) is 14.3 Å². The van der Waals surface area contributed by atoms with Crippen LogP contribution < -0.4 is 19.3 Å². The molecule has 9 nitrogen and oxygen atoms in total. The molecule has 0 saturated carbocycles. The van der Waals surface area contributed by atoms with Gasteiger partial charge in [-0.05, 0) is 19.1 Å². The fourth-order valence-corrected chi connectivity index (χ4v) is 3.72. The third-order valence-corrected chi connectivity index (χ3v) is 5.20. The van der Waals surface area contributed by atoms with Gasteiger partial charge in [0.15, 0.2) is 6.04 Å². The molecule has 2 aliphatic rings. The summed E-state index contributed by atoms with van der Waals surface area (Å²) in [7, 11) is 3.02. The summed E-state index contributed by atoms with van der Waals surface area (Å²) in [5.74, 6) is 0.457. The van der Waals surface area contributed by atoms with Crippen LogP contribution in [0.3, 0.4) is 0 Å². The van der Waals surface area contributed by atoms with Gasteiger partial charge in [0.1, 0.15) is 11.5 Å². The molecule has 2 heterocycles. The molecule has 0 aliphatic carbocycles. The average Bonchev–Trinajstić information content (AvgIpc) is 3.01. The van der Waals surface area contributed by atoms with E-state index in [1.165, 1.54) is 19.1 Å². The van der Waals surface area contributed by atoms with Crippen LogP contribution in [0.5, 0.6) is 11.5 Å². The Labute approximate surface area is 163 Å². The molecule has 3 rings (SSSR count). The minimum Gasteiger partial charge on any atom is -0.497 e. The zero-order valence-electron chi connectivity index (χ0n) is 16.4. The normalized spacial score (nSPS) is 20.5. The second-order valence-electron chi connectivity index (χ2n) is 6.71. The molecule has 3 amide bonds. The van der Waals surface area contributed by atoms with E-state index in [4.69, 9.17) is 14.2 Å². The van der Waals surface area contributed by atoms with E-state index in [2.05, 4.69) is 0 Å². The molecule has 9 heteroatoms. The van der Waals surface area contributed by atoms with E-state index in [0.717, 1.165) is 4.90 Å². The number of quaternary nitrogens is 1. The Balaban J connectivity index is 1.74. The minimum atomic E-state index is -0.465. The Hall–Kier alpha value is -2.81. The predicted molar refractivity (Wildman–Crippen MR) is 99.7 cm³/mol. The predicted octanol–water partition coefficient (Wildman–Crippen LogP) is -0.307. The van der Waals surface area contributed by atoms with Crippen LogP contribution in [0.2, 0.25) is 0 Å². The number of carbonyl (C=O) groups is 3. The van der Waals surface area contributed by atoms with Gasteiger partial charge in [0.05, 0.1) is 59.1 Å². The van der Waals surface area contributed by atoms with Gasteiger partial charge in [-0.2, -0.15) is 0 Å². The lowest BCUT2D eigenvalue weighted by Gasteiger charge is -2.33. The van der Waals surface area contributed by atoms with Crippen LogP contribution in [0.15, 0.2) is 18.2 Å². The van der Waals surface area contributed by atoms with Crippen LogP contribution in [0, 0.1) is 0 Å². The first kappa shape index (κ1) is 19.9. The zero-order valence-corrected chi connectivity index (χ0v) is 16.4. The van der Waals surface area contributed by atoms with Crippen molar-refractivity contribution in [3.8, 4) is 11.5 Å². The number of amides is 3. The average molecular weight is 392 g/mol. The van der Waals surface area contributed by atoms with Gasteiger partial charge in [0.25, 0.3) is 5.91 Å². The third-order valence-electron chi connectivity index (χ3n) is 5.20. The first-order valence-corrected chi connectivity index (χ1v) is 9.35. The number of hydrogen-bond acceptors (Lipinski definition) is 6. The smallest absolute Gasteiger partial charge is 0.410 e. The summed E-state index contributed by atoms with van der Waals surface area (Å²) in [6, 6.07) is 4.55. The van der Waals surface area contributed by atoms with Crippen molar-refractivity contribution in [3.05, 3.63) is 18.2 Å². The van der Waals surface area contributed by atoms with E-state index in [-0.39, 0.29) is 24.3 Å². The van der Waals surface area contributed by atoms with Crippen molar-refractivity contribution in [1.29, 1.82) is 0 Å². The lowest BCUT2D eigenvalue weighted by molar-refractivity contribution is -0.918. The number of hydrogen-bond donors (Lipinski definition) is 1. The monoisotopic (exact) mass is 392 g/mol. The summed E-state index contributed by atoms with van der Waals surface area (Å²) in [5.41, 5.74) is 0.393. The molecule has 1 aromatic rings. The SMILES string of the molecule is CCOC(=O)N1CC[NH+]([C@@H]2CC(=O)N(c3cc(OC)ccc3OC)C2=O)CC1. The molecule has 0 bridgehead atoms. The molecule has 1 atom stereocenters. The minimum absolute atomic E-state index is 0.133. The molecular formula is C19H26N3O6+. The highest BCUT2D eigenvalue weighted by Gasteiger charge is 2.47. The van der Waals surface area contributed by atoms with E-state index in [1.807, 2.05) is 0 Å². The molecule has 0 spiro atoms. The highest BCUT2D eigenvalue weighted by molar-refractivity contribution is 6.22. The van der Waals surface area contributed by atoms with Gasteiger partial charge in [-0.1, -0.05) is 0 Å². The summed E-state index contributed by atoms with van der Waals surface area (Å²) in [6.07, 6.45) is -0.202. The Morgan fingerprint density at radius 1 is 1.18 bits per heavy atom. The fourth-order valence-electron chi connectivity index (χ4n) is 3.72. The number of carbonyl (C=O) groups excluding carboxylic acids is 3. The Kier molecular flexibility index (Phi) is 6.03. The summed E-state index contributed by atoms with van der Waals surface area (Å²) in [5, 5.41) is 0. The van der Waals surface area contributed by atoms with Gasteiger partial charge in [-0.25, -0.2) is 9.69 Å². The lowest BCUT2D eigenvalue weighted by Crippen LogP contribution is -3.19. The van der Waals surface area contributed by atoms with Crippen molar-refractivity contribution in [3.63, 3.8) is 0 Å². The van der Waals surface area contributed by atoms with Gasteiger partial charge >= 0.3 is 6.09 Å². The van der Waals surface area contributed by atoms with E-state index in [9.17, 15) is 14.4 Å². The van der Waals surface area contributed by atoms with Gasteiger partial charge in [-0.3, -0.25) is 14.5 Å². The van der Waals surface area contributed by atoms with Crippen molar-refractivity contribution in [2.45, 2.75) is 19.4 Å². The van der Waals surface area contributed by atoms with E-state index < -0.39 is 6.04 Å². The topological polar surface area (TPSA) is 89.8 Å². The number of benzene rings is 1. The molecule has 0 unspecified atom stereocenters.